The van der Waals surface area contributed by atoms with E-state index in [0.717, 1.165) is 17.1 Å². The van der Waals surface area contributed by atoms with Gasteiger partial charge in [-0.1, -0.05) is 12.1 Å². The second kappa shape index (κ2) is 7.58. The largest absolute Gasteiger partial charge is 0.459 e. The number of hydrogen-bond donors (Lipinski definition) is 0. The second-order valence-electron chi connectivity index (χ2n) is 6.64. The van der Waals surface area contributed by atoms with Crippen LogP contribution in [0.4, 0.5) is 0 Å². The van der Waals surface area contributed by atoms with Crippen molar-refractivity contribution < 1.29 is 22.7 Å². The maximum Gasteiger partial charge on any atom is 0.330 e. The molecule has 0 N–H and O–H groups in total. The Hall–Kier alpha value is -1.58. The molecular formula is C17H22N2O5S2. The van der Waals surface area contributed by atoms with Crippen LogP contribution in [0.3, 0.4) is 0 Å². The standard InChI is InChI=1S/C17H22N2O5S2/c1-18(2)26(22,23)14-5-3-4-12(8-14)9-24-17(21)15-10-25-11-19(15)16(20)13-6-7-13/h3-5,8,13,15H,6-7,9-11H2,1-2H3/t15-/m0/s1. The smallest absolute Gasteiger partial charge is 0.330 e. The van der Waals surface area contributed by atoms with Gasteiger partial charge in [0.25, 0.3) is 0 Å². The minimum atomic E-state index is -3.54. The van der Waals surface area contributed by atoms with Crippen molar-refractivity contribution in [1.29, 1.82) is 0 Å². The van der Waals surface area contributed by atoms with Crippen LogP contribution in [0.1, 0.15) is 18.4 Å². The first-order chi connectivity index (χ1) is 12.3. The van der Waals surface area contributed by atoms with Crippen LogP contribution in [0.25, 0.3) is 0 Å². The lowest BCUT2D eigenvalue weighted by Crippen LogP contribution is -2.43. The van der Waals surface area contributed by atoms with E-state index in [-0.39, 0.29) is 23.3 Å². The molecule has 1 aromatic carbocycles. The fraction of sp³-hybridized carbons (Fsp3) is 0.529. The Morgan fingerprint density at radius 2 is 2.04 bits per heavy atom. The van der Waals surface area contributed by atoms with Gasteiger partial charge < -0.3 is 9.64 Å². The Balaban J connectivity index is 1.63. The molecule has 1 amide bonds. The molecule has 1 saturated heterocycles. The quantitative estimate of drug-likeness (QED) is 0.672. The highest BCUT2D eigenvalue weighted by molar-refractivity contribution is 7.99. The maximum absolute atomic E-state index is 12.4. The van der Waals surface area contributed by atoms with Crippen molar-refractivity contribution in [1.82, 2.24) is 9.21 Å². The normalized spacial score (nSPS) is 20.4. The molecule has 3 rings (SSSR count). The van der Waals surface area contributed by atoms with Gasteiger partial charge in [-0.25, -0.2) is 17.5 Å². The average molecular weight is 399 g/mol. The summed E-state index contributed by atoms with van der Waals surface area (Å²) in [5.41, 5.74) is 0.590. The predicted octanol–water partition coefficient (Wildman–Crippen LogP) is 1.29. The van der Waals surface area contributed by atoms with Crippen LogP contribution in [0, 0.1) is 5.92 Å². The number of thioether (sulfide) groups is 1. The zero-order chi connectivity index (χ0) is 18.9. The Kier molecular flexibility index (Phi) is 5.59. The van der Waals surface area contributed by atoms with Crippen molar-refractivity contribution in [3.8, 4) is 0 Å². The zero-order valence-electron chi connectivity index (χ0n) is 14.8. The van der Waals surface area contributed by atoms with Crippen molar-refractivity contribution in [3.63, 3.8) is 0 Å². The van der Waals surface area contributed by atoms with E-state index >= 15 is 0 Å². The van der Waals surface area contributed by atoms with E-state index in [4.69, 9.17) is 4.74 Å². The molecule has 0 aromatic heterocycles. The molecule has 0 radical (unpaired) electrons. The number of esters is 1. The third-order valence-electron chi connectivity index (χ3n) is 4.42. The SMILES string of the molecule is CN(C)S(=O)(=O)c1cccc(COC(=O)[C@@H]2CSCN2C(=O)C2CC2)c1. The number of carbonyl (C=O) groups is 2. The van der Waals surface area contributed by atoms with Crippen LogP contribution in [-0.2, 0) is 31.0 Å². The van der Waals surface area contributed by atoms with E-state index in [1.165, 1.54) is 26.2 Å². The fourth-order valence-electron chi connectivity index (χ4n) is 2.68. The van der Waals surface area contributed by atoms with E-state index < -0.39 is 22.0 Å². The number of ether oxygens (including phenoxy) is 1. The second-order valence-corrected chi connectivity index (χ2v) is 9.79. The summed E-state index contributed by atoms with van der Waals surface area (Å²) in [6, 6.07) is 5.78. The van der Waals surface area contributed by atoms with Crippen LogP contribution in [0.2, 0.25) is 0 Å². The summed E-state index contributed by atoms with van der Waals surface area (Å²) in [6.45, 7) is -0.0255. The van der Waals surface area contributed by atoms with Gasteiger partial charge in [0.2, 0.25) is 15.9 Å². The van der Waals surface area contributed by atoms with Gasteiger partial charge in [0.05, 0.1) is 10.8 Å². The lowest BCUT2D eigenvalue weighted by molar-refractivity contribution is -0.154. The molecule has 142 valence electrons. The number of hydrogen-bond acceptors (Lipinski definition) is 6. The highest BCUT2D eigenvalue weighted by Gasteiger charge is 2.41. The molecular weight excluding hydrogens is 376 g/mol. The van der Waals surface area contributed by atoms with Gasteiger partial charge in [0.1, 0.15) is 12.6 Å². The van der Waals surface area contributed by atoms with E-state index in [1.807, 2.05) is 0 Å². The van der Waals surface area contributed by atoms with Gasteiger partial charge in [-0.15, -0.1) is 11.8 Å². The van der Waals surface area contributed by atoms with Crippen LogP contribution < -0.4 is 0 Å². The molecule has 0 bridgehead atoms. The number of nitrogens with zero attached hydrogens (tertiary/aromatic N) is 2. The maximum atomic E-state index is 12.4. The molecule has 0 spiro atoms. The number of sulfonamides is 1. The summed E-state index contributed by atoms with van der Waals surface area (Å²) in [4.78, 5) is 26.4. The number of carbonyl (C=O) groups excluding carboxylic acids is 2. The van der Waals surface area contributed by atoms with Crippen molar-refractivity contribution in [2.75, 3.05) is 25.7 Å². The molecule has 1 aliphatic carbocycles. The Labute approximate surface area is 157 Å². The van der Waals surface area contributed by atoms with Gasteiger partial charge in [0, 0.05) is 25.8 Å². The summed E-state index contributed by atoms with van der Waals surface area (Å²) < 4.78 is 30.9. The molecule has 1 aromatic rings. The summed E-state index contributed by atoms with van der Waals surface area (Å²) in [7, 11) is -0.612. The first-order valence-corrected chi connectivity index (χ1v) is 11.0. The van der Waals surface area contributed by atoms with Gasteiger partial charge >= 0.3 is 5.97 Å². The lowest BCUT2D eigenvalue weighted by atomic mass is 10.2. The first kappa shape index (κ1) is 19.2. The molecule has 1 heterocycles. The van der Waals surface area contributed by atoms with Crippen LogP contribution in [0.15, 0.2) is 29.2 Å². The summed E-state index contributed by atoms with van der Waals surface area (Å²) in [5.74, 6) is 0.718. The van der Waals surface area contributed by atoms with E-state index in [9.17, 15) is 18.0 Å². The highest BCUT2D eigenvalue weighted by Crippen LogP contribution is 2.34. The highest BCUT2D eigenvalue weighted by atomic mass is 32.2. The van der Waals surface area contributed by atoms with Crippen LogP contribution >= 0.6 is 11.8 Å². The molecule has 1 atom stereocenters. The topological polar surface area (TPSA) is 84.0 Å². The molecule has 1 aliphatic heterocycles. The summed E-state index contributed by atoms with van der Waals surface area (Å²) in [5, 5.41) is 0. The third-order valence-corrected chi connectivity index (χ3v) is 7.25. The van der Waals surface area contributed by atoms with Crippen molar-refractivity contribution >= 4 is 33.7 Å². The van der Waals surface area contributed by atoms with E-state index in [1.54, 1.807) is 28.8 Å². The number of rotatable bonds is 6. The minimum absolute atomic E-state index is 0.0255. The summed E-state index contributed by atoms with van der Waals surface area (Å²) >= 11 is 1.54. The molecule has 2 fully saturated rings. The lowest BCUT2D eigenvalue weighted by Gasteiger charge is -2.22. The van der Waals surface area contributed by atoms with Gasteiger partial charge in [0.15, 0.2) is 0 Å². The Morgan fingerprint density at radius 1 is 1.31 bits per heavy atom. The average Bonchev–Trinajstić information content (AvgIpc) is 3.35. The molecule has 26 heavy (non-hydrogen) atoms. The Bertz CT molecular complexity index is 805. The summed E-state index contributed by atoms with van der Waals surface area (Å²) in [6.07, 6.45) is 1.80. The fourth-order valence-corrected chi connectivity index (χ4v) is 4.80. The van der Waals surface area contributed by atoms with Crippen LogP contribution in [-0.4, -0.2) is 61.3 Å². The van der Waals surface area contributed by atoms with Gasteiger partial charge in [-0.05, 0) is 30.5 Å². The zero-order valence-corrected chi connectivity index (χ0v) is 16.4. The van der Waals surface area contributed by atoms with E-state index in [0.29, 0.717) is 17.2 Å². The number of benzene rings is 1. The molecule has 9 heteroatoms. The van der Waals surface area contributed by atoms with Crippen LogP contribution in [0.5, 0.6) is 0 Å². The first-order valence-electron chi connectivity index (χ1n) is 8.37. The van der Waals surface area contributed by atoms with Crippen molar-refractivity contribution in [3.05, 3.63) is 29.8 Å². The van der Waals surface area contributed by atoms with Gasteiger partial charge in [-0.2, -0.15) is 0 Å². The number of amides is 1. The van der Waals surface area contributed by atoms with E-state index in [2.05, 4.69) is 0 Å². The Morgan fingerprint density at radius 3 is 2.69 bits per heavy atom. The molecule has 0 unspecified atom stereocenters. The molecule has 1 saturated carbocycles. The van der Waals surface area contributed by atoms with Crippen molar-refractivity contribution in [2.45, 2.75) is 30.4 Å². The molecule has 2 aliphatic rings. The molecule has 7 nitrogen and oxygen atoms in total. The van der Waals surface area contributed by atoms with Crippen molar-refractivity contribution in [2.24, 2.45) is 5.92 Å². The monoisotopic (exact) mass is 398 g/mol. The van der Waals surface area contributed by atoms with Gasteiger partial charge in [-0.3, -0.25) is 4.79 Å². The predicted molar refractivity (Wildman–Crippen MR) is 97.8 cm³/mol. The minimum Gasteiger partial charge on any atom is -0.459 e. The third kappa shape index (κ3) is 4.05.